The van der Waals surface area contributed by atoms with Crippen molar-refractivity contribution in [1.29, 1.82) is 0 Å². The Balaban J connectivity index is 1.43. The van der Waals surface area contributed by atoms with E-state index in [9.17, 15) is 0 Å². The van der Waals surface area contributed by atoms with Gasteiger partial charge in [0.1, 0.15) is 23.9 Å². The molecule has 1 aromatic heterocycles. The molecule has 0 atom stereocenters. The van der Waals surface area contributed by atoms with E-state index in [1.54, 1.807) is 0 Å². The first-order chi connectivity index (χ1) is 16.9. The molecule has 0 N–H and O–H groups in total. The fourth-order valence-corrected chi connectivity index (χ4v) is 4.51. The molecule has 4 aromatic rings. The van der Waals surface area contributed by atoms with Gasteiger partial charge in [0.25, 0.3) is 0 Å². The molecule has 1 heterocycles. The van der Waals surface area contributed by atoms with Gasteiger partial charge in [0.15, 0.2) is 0 Å². The fraction of sp³-hybridized carbons (Fsp3) is 0.387. The van der Waals surface area contributed by atoms with Crippen LogP contribution in [0.4, 0.5) is 0 Å². The summed E-state index contributed by atoms with van der Waals surface area (Å²) in [7, 11) is 0. The van der Waals surface area contributed by atoms with Gasteiger partial charge in [-0.05, 0) is 72.6 Å². The third-order valence-corrected chi connectivity index (χ3v) is 6.46. The van der Waals surface area contributed by atoms with Crippen molar-refractivity contribution >= 4 is 11.0 Å². The van der Waals surface area contributed by atoms with Crippen molar-refractivity contribution in [2.75, 3.05) is 6.61 Å². The van der Waals surface area contributed by atoms with Crippen molar-refractivity contribution in [3.63, 3.8) is 0 Å². The lowest BCUT2D eigenvalue weighted by molar-refractivity contribution is 0.281. The smallest absolute Gasteiger partial charge is 0.147 e. The first-order valence-electron chi connectivity index (χ1n) is 12.8. The number of hydrogen-bond donors (Lipinski definition) is 0. The molecule has 0 aliphatic heterocycles. The predicted octanol–water partition coefficient (Wildman–Crippen LogP) is 8.03. The second-order valence-electron chi connectivity index (χ2n) is 9.90. The van der Waals surface area contributed by atoms with Crippen LogP contribution in [-0.2, 0) is 13.2 Å². The van der Waals surface area contributed by atoms with E-state index in [1.165, 1.54) is 16.7 Å². The van der Waals surface area contributed by atoms with Crippen LogP contribution in [0.5, 0.6) is 11.5 Å². The van der Waals surface area contributed by atoms with Crippen molar-refractivity contribution in [1.82, 2.24) is 9.55 Å². The molecule has 0 amide bonds. The summed E-state index contributed by atoms with van der Waals surface area (Å²) in [4.78, 5) is 4.91. The second kappa shape index (κ2) is 11.4. The number of ether oxygens (including phenoxy) is 2. The predicted molar refractivity (Wildman–Crippen MR) is 145 cm³/mol. The van der Waals surface area contributed by atoms with Crippen LogP contribution in [-0.4, -0.2) is 16.2 Å². The van der Waals surface area contributed by atoms with E-state index in [0.717, 1.165) is 47.7 Å². The Morgan fingerprint density at radius 3 is 2.29 bits per heavy atom. The van der Waals surface area contributed by atoms with Gasteiger partial charge in [-0.1, -0.05) is 70.2 Å². The maximum atomic E-state index is 6.35. The first-order valence-corrected chi connectivity index (χ1v) is 12.8. The van der Waals surface area contributed by atoms with Crippen LogP contribution < -0.4 is 9.47 Å². The monoisotopic (exact) mass is 470 g/mol. The highest BCUT2D eigenvalue weighted by Crippen LogP contribution is 2.29. The zero-order valence-electron chi connectivity index (χ0n) is 21.8. The quantitative estimate of drug-likeness (QED) is 0.208. The molecule has 0 spiro atoms. The molecule has 0 fully saturated rings. The molecule has 0 radical (unpaired) electrons. The molecule has 0 bridgehead atoms. The molecule has 35 heavy (non-hydrogen) atoms. The van der Waals surface area contributed by atoms with Crippen molar-refractivity contribution in [2.45, 2.75) is 72.4 Å². The minimum atomic E-state index is 0.408. The molecule has 0 aliphatic rings. The number of benzene rings is 3. The van der Waals surface area contributed by atoms with Crippen molar-refractivity contribution in [3.8, 4) is 11.5 Å². The van der Waals surface area contributed by atoms with Gasteiger partial charge in [0, 0.05) is 6.54 Å². The number of fused-ring (bicyclic) bond motifs is 1. The largest absolute Gasteiger partial charge is 0.493 e. The minimum Gasteiger partial charge on any atom is -0.493 e. The van der Waals surface area contributed by atoms with Crippen molar-refractivity contribution in [2.24, 2.45) is 0 Å². The van der Waals surface area contributed by atoms with Crippen LogP contribution in [0.1, 0.15) is 74.9 Å². The Bertz CT molecular complexity index is 1260. The number of para-hydroxylation sites is 3. The Kier molecular flexibility index (Phi) is 8.12. The van der Waals surface area contributed by atoms with Crippen LogP contribution in [0.3, 0.4) is 0 Å². The highest BCUT2D eigenvalue weighted by atomic mass is 16.5. The summed E-state index contributed by atoms with van der Waals surface area (Å²) in [6.45, 7) is 13.0. The third-order valence-electron chi connectivity index (χ3n) is 6.46. The normalized spacial score (nSPS) is 11.5. The van der Waals surface area contributed by atoms with Gasteiger partial charge in [0.2, 0.25) is 0 Å². The van der Waals surface area contributed by atoms with Gasteiger partial charge in [0.05, 0.1) is 17.6 Å². The SMILES string of the molecule is Cc1ccc(C(C)C)c(OCc2nc3ccccc3n2CCCCOc2ccccc2C(C)C)c1. The van der Waals surface area contributed by atoms with Crippen LogP contribution >= 0.6 is 0 Å². The molecule has 4 nitrogen and oxygen atoms in total. The molecule has 4 heteroatoms. The number of nitrogens with zero attached hydrogens (tertiary/aromatic N) is 2. The second-order valence-corrected chi connectivity index (χ2v) is 9.90. The summed E-state index contributed by atoms with van der Waals surface area (Å²) >= 11 is 0. The van der Waals surface area contributed by atoms with E-state index in [4.69, 9.17) is 14.5 Å². The molecule has 0 saturated carbocycles. The fourth-order valence-electron chi connectivity index (χ4n) is 4.51. The van der Waals surface area contributed by atoms with Crippen LogP contribution in [0, 0.1) is 6.92 Å². The highest BCUT2D eigenvalue weighted by molar-refractivity contribution is 5.75. The zero-order chi connectivity index (χ0) is 24.8. The van der Waals surface area contributed by atoms with Crippen LogP contribution in [0.25, 0.3) is 11.0 Å². The maximum Gasteiger partial charge on any atom is 0.147 e. The van der Waals surface area contributed by atoms with Gasteiger partial charge in [-0.3, -0.25) is 0 Å². The Morgan fingerprint density at radius 2 is 1.49 bits per heavy atom. The number of aromatic nitrogens is 2. The number of aryl methyl sites for hydroxylation is 2. The summed E-state index contributed by atoms with van der Waals surface area (Å²) in [5.41, 5.74) is 5.88. The van der Waals surface area contributed by atoms with Crippen LogP contribution in [0.15, 0.2) is 66.7 Å². The zero-order valence-corrected chi connectivity index (χ0v) is 21.8. The van der Waals surface area contributed by atoms with Gasteiger partial charge in [-0.2, -0.15) is 0 Å². The molecule has 0 saturated heterocycles. The third kappa shape index (κ3) is 6.05. The standard InChI is InChI=1S/C31H38N2O2/c1-22(2)25-12-6-9-15-29(25)34-19-11-10-18-33-28-14-8-7-13-27(28)32-31(33)21-35-30-20-24(5)16-17-26(30)23(3)4/h6-9,12-17,20,22-23H,10-11,18-19,21H2,1-5H3. The summed E-state index contributed by atoms with van der Waals surface area (Å²) in [5, 5.41) is 0. The summed E-state index contributed by atoms with van der Waals surface area (Å²) in [5.74, 6) is 3.79. The van der Waals surface area contributed by atoms with E-state index >= 15 is 0 Å². The van der Waals surface area contributed by atoms with Gasteiger partial charge in [-0.15, -0.1) is 0 Å². The molecular formula is C31H38N2O2. The number of unbranched alkanes of at least 4 members (excludes halogenated alkanes) is 1. The molecule has 4 rings (SSSR count). The van der Waals surface area contributed by atoms with E-state index < -0.39 is 0 Å². The molecular weight excluding hydrogens is 432 g/mol. The lowest BCUT2D eigenvalue weighted by atomic mass is 10.0. The lowest BCUT2D eigenvalue weighted by Crippen LogP contribution is -2.10. The molecule has 0 unspecified atom stereocenters. The molecule has 0 aliphatic carbocycles. The summed E-state index contributed by atoms with van der Waals surface area (Å²) in [6.07, 6.45) is 1.99. The van der Waals surface area contributed by atoms with Gasteiger partial charge < -0.3 is 14.0 Å². The van der Waals surface area contributed by atoms with E-state index in [2.05, 4.69) is 93.8 Å². The Hall–Kier alpha value is -3.27. The van der Waals surface area contributed by atoms with Crippen molar-refractivity contribution < 1.29 is 9.47 Å². The van der Waals surface area contributed by atoms with E-state index in [0.29, 0.717) is 25.0 Å². The Morgan fingerprint density at radius 1 is 0.771 bits per heavy atom. The summed E-state index contributed by atoms with van der Waals surface area (Å²) in [6, 6.07) is 23.2. The molecule has 3 aromatic carbocycles. The number of hydrogen-bond acceptors (Lipinski definition) is 3. The van der Waals surface area contributed by atoms with Gasteiger partial charge >= 0.3 is 0 Å². The Labute approximate surface area is 209 Å². The van der Waals surface area contributed by atoms with E-state index in [-0.39, 0.29) is 0 Å². The average Bonchev–Trinajstić information content (AvgIpc) is 3.20. The minimum absolute atomic E-state index is 0.408. The maximum absolute atomic E-state index is 6.35. The summed E-state index contributed by atoms with van der Waals surface area (Å²) < 4.78 is 14.8. The lowest BCUT2D eigenvalue weighted by Gasteiger charge is -2.16. The molecule has 184 valence electrons. The van der Waals surface area contributed by atoms with Crippen LogP contribution in [0.2, 0.25) is 0 Å². The highest BCUT2D eigenvalue weighted by Gasteiger charge is 2.14. The number of rotatable bonds is 11. The van der Waals surface area contributed by atoms with Gasteiger partial charge in [-0.25, -0.2) is 4.98 Å². The first kappa shape index (κ1) is 24.8. The average molecular weight is 471 g/mol. The number of imidazole rings is 1. The van der Waals surface area contributed by atoms with Crippen molar-refractivity contribution in [3.05, 3.63) is 89.2 Å². The topological polar surface area (TPSA) is 36.3 Å². The van der Waals surface area contributed by atoms with E-state index in [1.807, 2.05) is 12.1 Å².